The minimum atomic E-state index is -0.565. The van der Waals surface area contributed by atoms with Gasteiger partial charge in [0.15, 0.2) is 6.61 Å². The standard InChI is InChI=1S/C22H20N2O4/c1-14-6-8-16(9-7-14)24-12-15(10-21(24)26)22(27)28-13-20(25)18-11-23-19-5-3-2-4-17(18)19/h2-9,11,15,23H,10,12-13H2,1H3/t15-/m0/s1. The second-order valence-electron chi connectivity index (χ2n) is 7.02. The smallest absolute Gasteiger partial charge is 0.311 e. The number of anilines is 1. The summed E-state index contributed by atoms with van der Waals surface area (Å²) in [6.07, 6.45) is 1.72. The number of rotatable bonds is 5. The van der Waals surface area contributed by atoms with Gasteiger partial charge in [0.1, 0.15) is 0 Å². The van der Waals surface area contributed by atoms with E-state index in [4.69, 9.17) is 4.74 Å². The molecule has 0 spiro atoms. The summed E-state index contributed by atoms with van der Waals surface area (Å²) in [7, 11) is 0. The van der Waals surface area contributed by atoms with Gasteiger partial charge >= 0.3 is 5.97 Å². The van der Waals surface area contributed by atoms with Crippen molar-refractivity contribution in [2.75, 3.05) is 18.1 Å². The third kappa shape index (κ3) is 3.41. The highest BCUT2D eigenvalue weighted by atomic mass is 16.5. The molecule has 1 aliphatic heterocycles. The lowest BCUT2D eigenvalue weighted by molar-refractivity contribution is -0.147. The Morgan fingerprint density at radius 2 is 1.89 bits per heavy atom. The van der Waals surface area contributed by atoms with Gasteiger partial charge in [-0.15, -0.1) is 0 Å². The van der Waals surface area contributed by atoms with Crippen LogP contribution in [0, 0.1) is 12.8 Å². The molecule has 28 heavy (non-hydrogen) atoms. The van der Waals surface area contributed by atoms with Gasteiger partial charge in [0.2, 0.25) is 11.7 Å². The number of H-pyrrole nitrogens is 1. The van der Waals surface area contributed by atoms with Crippen molar-refractivity contribution in [2.24, 2.45) is 5.92 Å². The van der Waals surface area contributed by atoms with Crippen molar-refractivity contribution in [2.45, 2.75) is 13.3 Å². The lowest BCUT2D eigenvalue weighted by Crippen LogP contribution is -2.27. The Balaban J connectivity index is 1.38. The van der Waals surface area contributed by atoms with Crippen LogP contribution in [0.3, 0.4) is 0 Å². The largest absolute Gasteiger partial charge is 0.457 e. The third-order valence-electron chi connectivity index (χ3n) is 5.04. The number of esters is 1. The first kappa shape index (κ1) is 18.0. The Hall–Kier alpha value is -3.41. The zero-order valence-corrected chi connectivity index (χ0v) is 15.5. The number of aromatic amines is 1. The number of carbonyl (C=O) groups excluding carboxylic acids is 3. The minimum Gasteiger partial charge on any atom is -0.457 e. The molecule has 2 aromatic carbocycles. The lowest BCUT2D eigenvalue weighted by Gasteiger charge is -2.16. The SMILES string of the molecule is Cc1ccc(N2C[C@@H](C(=O)OCC(=O)c3c[nH]c4ccccc34)CC2=O)cc1. The Kier molecular flexibility index (Phi) is 4.69. The van der Waals surface area contributed by atoms with E-state index in [1.165, 1.54) is 0 Å². The molecule has 1 fully saturated rings. The molecule has 3 aromatic rings. The topological polar surface area (TPSA) is 79.5 Å². The van der Waals surface area contributed by atoms with Crippen LogP contribution in [0.2, 0.25) is 0 Å². The number of nitrogens with one attached hydrogen (secondary N) is 1. The molecule has 1 saturated heterocycles. The van der Waals surface area contributed by atoms with Crippen LogP contribution in [-0.2, 0) is 14.3 Å². The lowest BCUT2D eigenvalue weighted by atomic mass is 10.1. The second-order valence-corrected chi connectivity index (χ2v) is 7.02. The molecular formula is C22H20N2O4. The number of para-hydroxylation sites is 1. The van der Waals surface area contributed by atoms with E-state index in [-0.39, 0.29) is 31.3 Å². The van der Waals surface area contributed by atoms with Gasteiger partial charge in [0.25, 0.3) is 0 Å². The third-order valence-corrected chi connectivity index (χ3v) is 5.04. The van der Waals surface area contributed by atoms with Crippen LogP contribution in [0.5, 0.6) is 0 Å². The van der Waals surface area contributed by atoms with Gasteiger partial charge in [-0.25, -0.2) is 0 Å². The van der Waals surface area contributed by atoms with Crippen LogP contribution in [0.25, 0.3) is 10.9 Å². The Morgan fingerprint density at radius 1 is 1.14 bits per heavy atom. The van der Waals surface area contributed by atoms with Crippen LogP contribution >= 0.6 is 0 Å². The van der Waals surface area contributed by atoms with E-state index in [9.17, 15) is 14.4 Å². The number of nitrogens with zero attached hydrogens (tertiary/aromatic N) is 1. The van der Waals surface area contributed by atoms with Gasteiger partial charge in [-0.1, -0.05) is 35.9 Å². The highest BCUT2D eigenvalue weighted by molar-refractivity contribution is 6.09. The Bertz CT molecular complexity index is 1050. The fourth-order valence-electron chi connectivity index (χ4n) is 3.47. The zero-order valence-electron chi connectivity index (χ0n) is 15.5. The summed E-state index contributed by atoms with van der Waals surface area (Å²) < 4.78 is 5.23. The van der Waals surface area contributed by atoms with E-state index in [0.29, 0.717) is 5.56 Å². The van der Waals surface area contributed by atoms with Crippen LogP contribution < -0.4 is 4.90 Å². The molecule has 142 valence electrons. The van der Waals surface area contributed by atoms with Crippen molar-refractivity contribution in [3.8, 4) is 0 Å². The van der Waals surface area contributed by atoms with Crippen molar-refractivity contribution < 1.29 is 19.1 Å². The van der Waals surface area contributed by atoms with E-state index >= 15 is 0 Å². The van der Waals surface area contributed by atoms with E-state index in [0.717, 1.165) is 22.2 Å². The van der Waals surface area contributed by atoms with Crippen LogP contribution in [0.4, 0.5) is 5.69 Å². The highest BCUT2D eigenvalue weighted by Crippen LogP contribution is 2.26. The molecule has 1 N–H and O–H groups in total. The number of Topliss-reactive ketones (excluding diaryl/α,β-unsaturated/α-hetero) is 1. The number of carbonyl (C=O) groups is 3. The normalized spacial score (nSPS) is 16.5. The molecule has 6 heteroatoms. The molecule has 1 aliphatic rings. The minimum absolute atomic E-state index is 0.0913. The van der Waals surface area contributed by atoms with Gasteiger partial charge in [-0.3, -0.25) is 14.4 Å². The number of hydrogen-bond donors (Lipinski definition) is 1. The maximum atomic E-state index is 12.4. The predicted octanol–water partition coefficient (Wildman–Crippen LogP) is 3.26. The average molecular weight is 376 g/mol. The molecule has 1 amide bonds. The van der Waals surface area contributed by atoms with Crippen molar-refractivity contribution in [1.82, 2.24) is 4.98 Å². The Labute approximate surface area is 162 Å². The van der Waals surface area contributed by atoms with E-state index in [2.05, 4.69) is 4.98 Å². The molecule has 4 rings (SSSR count). The maximum Gasteiger partial charge on any atom is 0.311 e. The monoisotopic (exact) mass is 376 g/mol. The first-order valence-electron chi connectivity index (χ1n) is 9.16. The van der Waals surface area contributed by atoms with Gasteiger partial charge in [-0.2, -0.15) is 0 Å². The van der Waals surface area contributed by atoms with E-state index in [1.807, 2.05) is 55.5 Å². The zero-order chi connectivity index (χ0) is 19.7. The number of aryl methyl sites for hydroxylation is 1. The number of ketones is 1. The fourth-order valence-corrected chi connectivity index (χ4v) is 3.47. The summed E-state index contributed by atoms with van der Waals surface area (Å²) in [5.74, 6) is -1.47. The molecule has 0 radical (unpaired) electrons. The number of amides is 1. The van der Waals surface area contributed by atoms with E-state index < -0.39 is 11.9 Å². The van der Waals surface area contributed by atoms with Gasteiger partial charge in [0.05, 0.1) is 5.92 Å². The molecule has 0 saturated carbocycles. The molecule has 2 heterocycles. The summed E-state index contributed by atoms with van der Waals surface area (Å²) in [5, 5.41) is 0.796. The van der Waals surface area contributed by atoms with Crippen molar-refractivity contribution in [3.05, 3.63) is 65.9 Å². The van der Waals surface area contributed by atoms with Crippen LogP contribution in [0.15, 0.2) is 54.7 Å². The molecular weight excluding hydrogens is 356 g/mol. The van der Waals surface area contributed by atoms with Crippen molar-refractivity contribution >= 4 is 34.3 Å². The Morgan fingerprint density at radius 3 is 2.68 bits per heavy atom. The summed E-state index contributed by atoms with van der Waals surface area (Å²) in [6, 6.07) is 15.0. The summed E-state index contributed by atoms with van der Waals surface area (Å²) in [4.78, 5) is 41.8. The van der Waals surface area contributed by atoms with Crippen LogP contribution in [0.1, 0.15) is 22.3 Å². The van der Waals surface area contributed by atoms with Crippen molar-refractivity contribution in [1.29, 1.82) is 0 Å². The van der Waals surface area contributed by atoms with Gasteiger partial charge in [-0.05, 0) is 25.1 Å². The maximum absolute atomic E-state index is 12.4. The van der Waals surface area contributed by atoms with Crippen molar-refractivity contribution in [3.63, 3.8) is 0 Å². The van der Waals surface area contributed by atoms with Gasteiger partial charge < -0.3 is 14.6 Å². The van der Waals surface area contributed by atoms with E-state index in [1.54, 1.807) is 11.1 Å². The fraction of sp³-hybridized carbons (Fsp3) is 0.227. The number of fused-ring (bicyclic) bond motifs is 1. The number of hydrogen-bond acceptors (Lipinski definition) is 4. The highest BCUT2D eigenvalue weighted by Gasteiger charge is 2.36. The number of ether oxygens (including phenoxy) is 1. The molecule has 0 bridgehead atoms. The predicted molar refractivity (Wildman–Crippen MR) is 105 cm³/mol. The first-order chi connectivity index (χ1) is 13.5. The average Bonchev–Trinajstić information content (AvgIpc) is 3.30. The first-order valence-corrected chi connectivity index (χ1v) is 9.16. The molecule has 0 aliphatic carbocycles. The second kappa shape index (κ2) is 7.31. The molecule has 0 unspecified atom stereocenters. The van der Waals surface area contributed by atoms with Gasteiger partial charge in [0, 0.05) is 41.3 Å². The summed E-state index contributed by atoms with van der Waals surface area (Å²) in [6.45, 7) is 1.90. The summed E-state index contributed by atoms with van der Waals surface area (Å²) in [5.41, 5.74) is 3.21. The quantitative estimate of drug-likeness (QED) is 0.548. The number of aromatic nitrogens is 1. The molecule has 1 aromatic heterocycles. The van der Waals surface area contributed by atoms with Crippen LogP contribution in [-0.4, -0.2) is 35.8 Å². The summed E-state index contributed by atoms with van der Waals surface area (Å²) >= 11 is 0. The molecule has 6 nitrogen and oxygen atoms in total. The molecule has 1 atom stereocenters. The number of benzene rings is 2.